The maximum Gasteiger partial charge on any atom is 0.338 e. The van der Waals surface area contributed by atoms with Crippen LogP contribution in [0.1, 0.15) is 33.3 Å². The number of ether oxygens (including phenoxy) is 2. The first-order valence-corrected chi connectivity index (χ1v) is 9.28. The molecule has 3 rings (SSSR count). The number of benzene rings is 2. The van der Waals surface area contributed by atoms with E-state index in [0.29, 0.717) is 35.8 Å². The van der Waals surface area contributed by atoms with Crippen molar-refractivity contribution in [3.05, 3.63) is 76.2 Å². The number of anilines is 1. The predicted octanol–water partition coefficient (Wildman–Crippen LogP) is 4.15. The van der Waals surface area contributed by atoms with Gasteiger partial charge in [-0.25, -0.2) is 9.78 Å². The zero-order valence-corrected chi connectivity index (χ0v) is 15.5. The van der Waals surface area contributed by atoms with Crippen LogP contribution >= 0.6 is 11.3 Å². The van der Waals surface area contributed by atoms with Gasteiger partial charge in [-0.05, 0) is 43.3 Å². The van der Waals surface area contributed by atoms with Gasteiger partial charge in [-0.3, -0.25) is 4.79 Å². The summed E-state index contributed by atoms with van der Waals surface area (Å²) in [7, 11) is 0. The number of amides is 1. The second kappa shape index (κ2) is 8.95. The summed E-state index contributed by atoms with van der Waals surface area (Å²) in [6, 6.07) is 13.5. The smallest absolute Gasteiger partial charge is 0.338 e. The van der Waals surface area contributed by atoms with E-state index in [1.165, 1.54) is 11.3 Å². The van der Waals surface area contributed by atoms with Gasteiger partial charge in [-0.2, -0.15) is 0 Å². The number of rotatable bonds is 7. The third-order valence-corrected chi connectivity index (χ3v) is 4.23. The second-order valence-electron chi connectivity index (χ2n) is 5.55. The average Bonchev–Trinajstić information content (AvgIpc) is 3.21. The zero-order chi connectivity index (χ0) is 19.1. The van der Waals surface area contributed by atoms with E-state index in [0.717, 1.165) is 5.69 Å². The lowest BCUT2D eigenvalue weighted by molar-refractivity contribution is 0.0526. The van der Waals surface area contributed by atoms with E-state index in [9.17, 15) is 9.59 Å². The molecule has 0 atom stereocenters. The molecule has 1 aromatic heterocycles. The first-order chi connectivity index (χ1) is 13.2. The van der Waals surface area contributed by atoms with E-state index in [-0.39, 0.29) is 5.91 Å². The van der Waals surface area contributed by atoms with Crippen molar-refractivity contribution < 1.29 is 19.1 Å². The lowest BCUT2D eigenvalue weighted by Crippen LogP contribution is -2.13. The molecule has 3 aromatic rings. The Kier molecular flexibility index (Phi) is 6.17. The summed E-state index contributed by atoms with van der Waals surface area (Å²) in [6.45, 7) is 2.38. The van der Waals surface area contributed by atoms with Gasteiger partial charge in [0, 0.05) is 16.6 Å². The van der Waals surface area contributed by atoms with Crippen molar-refractivity contribution in [3.63, 3.8) is 0 Å². The Hall–Kier alpha value is -3.19. The molecule has 0 radical (unpaired) electrons. The minimum Gasteiger partial charge on any atom is -0.487 e. The first kappa shape index (κ1) is 18.6. The Balaban J connectivity index is 1.66. The van der Waals surface area contributed by atoms with Gasteiger partial charge in [0.2, 0.25) is 0 Å². The van der Waals surface area contributed by atoms with Crippen molar-refractivity contribution in [2.45, 2.75) is 13.5 Å². The molecule has 0 fully saturated rings. The van der Waals surface area contributed by atoms with Crippen LogP contribution < -0.4 is 10.1 Å². The standard InChI is InChI=1S/C20H18N2O4S/c1-2-25-20(24)15-6-3-7-16(9-15)22-19(23)14-5-4-8-18(10-14)26-11-17-12-27-13-21-17/h3-10,12-13H,2,11H2,1H3,(H,22,23). The maximum absolute atomic E-state index is 12.5. The van der Waals surface area contributed by atoms with Crippen LogP contribution in [0, 0.1) is 0 Å². The van der Waals surface area contributed by atoms with E-state index in [4.69, 9.17) is 9.47 Å². The minimum atomic E-state index is -0.425. The van der Waals surface area contributed by atoms with Gasteiger partial charge in [0.05, 0.1) is 23.4 Å². The van der Waals surface area contributed by atoms with Crippen molar-refractivity contribution in [1.29, 1.82) is 0 Å². The van der Waals surface area contributed by atoms with E-state index < -0.39 is 5.97 Å². The predicted molar refractivity (Wildman–Crippen MR) is 103 cm³/mol. The molecule has 1 heterocycles. The van der Waals surface area contributed by atoms with E-state index in [1.807, 2.05) is 5.38 Å². The monoisotopic (exact) mass is 382 g/mol. The normalized spacial score (nSPS) is 10.3. The molecular weight excluding hydrogens is 364 g/mol. The third kappa shape index (κ3) is 5.15. The Morgan fingerprint density at radius 1 is 1.11 bits per heavy atom. The summed E-state index contributed by atoms with van der Waals surface area (Å²) in [5, 5.41) is 4.69. The number of hydrogen-bond acceptors (Lipinski definition) is 6. The number of carbonyl (C=O) groups is 2. The van der Waals surface area contributed by atoms with Crippen molar-refractivity contribution >= 4 is 28.9 Å². The zero-order valence-electron chi connectivity index (χ0n) is 14.7. The minimum absolute atomic E-state index is 0.295. The number of aromatic nitrogens is 1. The molecule has 6 nitrogen and oxygen atoms in total. The van der Waals surface area contributed by atoms with Gasteiger partial charge in [0.25, 0.3) is 5.91 Å². The number of nitrogens with one attached hydrogen (secondary N) is 1. The summed E-state index contributed by atoms with van der Waals surface area (Å²) in [5.74, 6) is -0.142. The Bertz CT molecular complexity index is 925. The molecule has 7 heteroatoms. The maximum atomic E-state index is 12.5. The summed E-state index contributed by atoms with van der Waals surface area (Å²) >= 11 is 1.50. The van der Waals surface area contributed by atoms with Gasteiger partial charge in [-0.15, -0.1) is 11.3 Å². The number of carbonyl (C=O) groups excluding carboxylic acids is 2. The van der Waals surface area contributed by atoms with Crippen LogP contribution in [0.15, 0.2) is 59.4 Å². The summed E-state index contributed by atoms with van der Waals surface area (Å²) < 4.78 is 10.6. The molecule has 0 aliphatic carbocycles. The molecular formula is C20H18N2O4S. The van der Waals surface area contributed by atoms with E-state index >= 15 is 0 Å². The fraction of sp³-hybridized carbons (Fsp3) is 0.150. The van der Waals surface area contributed by atoms with Crippen molar-refractivity contribution in [1.82, 2.24) is 4.98 Å². The highest BCUT2D eigenvalue weighted by Gasteiger charge is 2.11. The molecule has 27 heavy (non-hydrogen) atoms. The van der Waals surface area contributed by atoms with Crippen LogP contribution in [0.5, 0.6) is 5.75 Å². The van der Waals surface area contributed by atoms with E-state index in [2.05, 4.69) is 10.3 Å². The van der Waals surface area contributed by atoms with Gasteiger partial charge < -0.3 is 14.8 Å². The van der Waals surface area contributed by atoms with Crippen molar-refractivity contribution in [2.24, 2.45) is 0 Å². The molecule has 0 bridgehead atoms. The molecule has 138 valence electrons. The molecule has 2 aromatic carbocycles. The van der Waals surface area contributed by atoms with E-state index in [1.54, 1.807) is 61.0 Å². The SMILES string of the molecule is CCOC(=O)c1cccc(NC(=O)c2cccc(OCc3cscn3)c2)c1. The van der Waals surface area contributed by atoms with Crippen molar-refractivity contribution in [2.75, 3.05) is 11.9 Å². The molecule has 0 saturated carbocycles. The van der Waals surface area contributed by atoms with Crippen LogP contribution in [0.25, 0.3) is 0 Å². The lowest BCUT2D eigenvalue weighted by Gasteiger charge is -2.09. The third-order valence-electron chi connectivity index (χ3n) is 3.60. The van der Waals surface area contributed by atoms with Crippen LogP contribution in [0.4, 0.5) is 5.69 Å². The molecule has 1 N–H and O–H groups in total. The highest BCUT2D eigenvalue weighted by atomic mass is 32.1. The van der Waals surface area contributed by atoms with Gasteiger partial charge in [0.1, 0.15) is 12.4 Å². The van der Waals surface area contributed by atoms with Gasteiger partial charge in [0.15, 0.2) is 0 Å². The molecule has 0 aliphatic heterocycles. The van der Waals surface area contributed by atoms with Gasteiger partial charge >= 0.3 is 5.97 Å². The number of hydrogen-bond donors (Lipinski definition) is 1. The molecule has 1 amide bonds. The van der Waals surface area contributed by atoms with Crippen LogP contribution in [0.2, 0.25) is 0 Å². The topological polar surface area (TPSA) is 77.5 Å². The van der Waals surface area contributed by atoms with Crippen molar-refractivity contribution in [3.8, 4) is 5.75 Å². The largest absolute Gasteiger partial charge is 0.487 e. The van der Waals surface area contributed by atoms with Crippen LogP contribution in [-0.4, -0.2) is 23.5 Å². The highest BCUT2D eigenvalue weighted by molar-refractivity contribution is 7.07. The first-order valence-electron chi connectivity index (χ1n) is 8.34. The fourth-order valence-corrected chi connectivity index (χ4v) is 2.88. The molecule has 0 aliphatic rings. The van der Waals surface area contributed by atoms with Crippen LogP contribution in [0.3, 0.4) is 0 Å². The Labute approximate surface area is 160 Å². The molecule has 0 unspecified atom stereocenters. The summed E-state index contributed by atoms with van der Waals surface area (Å²) in [4.78, 5) is 28.5. The Morgan fingerprint density at radius 3 is 2.70 bits per heavy atom. The van der Waals surface area contributed by atoms with Gasteiger partial charge in [-0.1, -0.05) is 12.1 Å². The quantitative estimate of drug-likeness (QED) is 0.621. The lowest BCUT2D eigenvalue weighted by atomic mass is 10.1. The van der Waals surface area contributed by atoms with Crippen LogP contribution in [-0.2, 0) is 11.3 Å². The Morgan fingerprint density at radius 2 is 1.93 bits per heavy atom. The number of esters is 1. The molecule has 0 saturated heterocycles. The molecule has 0 spiro atoms. The summed E-state index contributed by atoms with van der Waals surface area (Å²) in [5.41, 5.74) is 3.93. The highest BCUT2D eigenvalue weighted by Crippen LogP contribution is 2.18. The fourth-order valence-electron chi connectivity index (χ4n) is 2.33. The summed E-state index contributed by atoms with van der Waals surface area (Å²) in [6.07, 6.45) is 0. The number of nitrogens with zero attached hydrogens (tertiary/aromatic N) is 1. The second-order valence-corrected chi connectivity index (χ2v) is 6.27. The number of thiazole rings is 1. The average molecular weight is 382 g/mol.